The first-order chi connectivity index (χ1) is 13.6. The first-order valence-electron chi connectivity index (χ1n) is 9.86. The van der Waals surface area contributed by atoms with Gasteiger partial charge in [0.1, 0.15) is 35.4 Å². The third-order valence-electron chi connectivity index (χ3n) is 5.71. The zero-order valence-corrected chi connectivity index (χ0v) is 15.8. The summed E-state index contributed by atoms with van der Waals surface area (Å²) in [6, 6.07) is 7.46. The number of rotatable bonds is 5. The maximum Gasteiger partial charge on any atom is 0.129 e. The molecule has 2 aliphatic heterocycles. The number of aliphatic hydroxyl groups excluding tert-OH is 1. The van der Waals surface area contributed by atoms with Crippen molar-refractivity contribution in [3.05, 3.63) is 54.0 Å². The molecule has 152 valence electrons. The summed E-state index contributed by atoms with van der Waals surface area (Å²) in [6.45, 7) is 4.16. The van der Waals surface area contributed by atoms with Gasteiger partial charge in [-0.05, 0) is 31.4 Å². The highest BCUT2D eigenvalue weighted by Crippen LogP contribution is 2.25. The highest BCUT2D eigenvalue weighted by atomic mass is 19.1. The third-order valence-corrected chi connectivity index (χ3v) is 5.71. The van der Waals surface area contributed by atoms with Gasteiger partial charge in [-0.1, -0.05) is 0 Å². The van der Waals surface area contributed by atoms with Crippen molar-refractivity contribution in [2.24, 2.45) is 0 Å². The van der Waals surface area contributed by atoms with Gasteiger partial charge in [0, 0.05) is 50.4 Å². The first-order valence-corrected chi connectivity index (χ1v) is 9.86. The molecule has 3 heterocycles. The molecule has 1 aromatic carbocycles. The second kappa shape index (κ2) is 8.59. The SMILES string of the molecule is O[C@@H]1CN(C2CCN(Cc3ccco3)CC2)CC[C@H]1Oc1cc(F)cc(F)c1. The van der Waals surface area contributed by atoms with E-state index in [0.717, 1.165) is 63.0 Å². The fourth-order valence-electron chi connectivity index (χ4n) is 4.24. The van der Waals surface area contributed by atoms with Crippen LogP contribution < -0.4 is 4.74 Å². The summed E-state index contributed by atoms with van der Waals surface area (Å²) in [5, 5.41) is 10.5. The van der Waals surface area contributed by atoms with Gasteiger partial charge in [0.05, 0.1) is 12.8 Å². The lowest BCUT2D eigenvalue weighted by Crippen LogP contribution is -2.54. The van der Waals surface area contributed by atoms with Gasteiger partial charge in [0.15, 0.2) is 0 Å². The van der Waals surface area contributed by atoms with Gasteiger partial charge in [-0.3, -0.25) is 9.80 Å². The average molecular weight is 392 g/mol. The van der Waals surface area contributed by atoms with Crippen molar-refractivity contribution < 1.29 is 23.0 Å². The number of ether oxygens (including phenoxy) is 1. The molecule has 2 fully saturated rings. The maximum absolute atomic E-state index is 13.3. The molecule has 2 atom stereocenters. The summed E-state index contributed by atoms with van der Waals surface area (Å²) in [6.07, 6.45) is 3.31. The van der Waals surface area contributed by atoms with Crippen molar-refractivity contribution in [2.75, 3.05) is 26.2 Å². The number of nitrogens with zero attached hydrogens (tertiary/aromatic N) is 2. The zero-order chi connectivity index (χ0) is 19.5. The Morgan fingerprint density at radius 3 is 2.46 bits per heavy atom. The van der Waals surface area contributed by atoms with Gasteiger partial charge in [0.2, 0.25) is 0 Å². The lowest BCUT2D eigenvalue weighted by Gasteiger charge is -2.43. The van der Waals surface area contributed by atoms with E-state index in [1.807, 2.05) is 12.1 Å². The van der Waals surface area contributed by atoms with Crippen LogP contribution in [0.25, 0.3) is 0 Å². The number of hydrogen-bond donors (Lipinski definition) is 1. The average Bonchev–Trinajstić information content (AvgIpc) is 3.16. The summed E-state index contributed by atoms with van der Waals surface area (Å²) in [5.74, 6) is -0.242. The first kappa shape index (κ1) is 19.4. The monoisotopic (exact) mass is 392 g/mol. The van der Waals surface area contributed by atoms with Gasteiger partial charge in [0.25, 0.3) is 0 Å². The minimum atomic E-state index is -0.679. The Bertz CT molecular complexity index is 743. The summed E-state index contributed by atoms with van der Waals surface area (Å²) in [5.41, 5.74) is 0. The molecule has 2 aliphatic rings. The highest BCUT2D eigenvalue weighted by Gasteiger charge is 2.34. The van der Waals surface area contributed by atoms with Gasteiger partial charge in [-0.2, -0.15) is 0 Å². The smallest absolute Gasteiger partial charge is 0.129 e. The molecule has 5 nitrogen and oxygen atoms in total. The minimum Gasteiger partial charge on any atom is -0.487 e. The normalized spacial score (nSPS) is 25.1. The molecule has 0 amide bonds. The van der Waals surface area contributed by atoms with Crippen molar-refractivity contribution in [3.63, 3.8) is 0 Å². The number of piperidine rings is 2. The molecule has 4 rings (SSSR count). The quantitative estimate of drug-likeness (QED) is 0.848. The van der Waals surface area contributed by atoms with Crippen LogP contribution in [0.4, 0.5) is 8.78 Å². The molecule has 0 aliphatic carbocycles. The molecule has 1 aromatic heterocycles. The van der Waals surface area contributed by atoms with Gasteiger partial charge >= 0.3 is 0 Å². The van der Waals surface area contributed by atoms with Crippen LogP contribution in [-0.4, -0.2) is 59.3 Å². The Kier molecular flexibility index (Phi) is 5.94. The number of likely N-dealkylation sites (tertiary alicyclic amines) is 2. The number of hydrogen-bond acceptors (Lipinski definition) is 5. The fourth-order valence-corrected chi connectivity index (χ4v) is 4.24. The van der Waals surface area contributed by atoms with Crippen molar-refractivity contribution in [2.45, 2.75) is 44.1 Å². The lowest BCUT2D eigenvalue weighted by atomic mass is 9.97. The lowest BCUT2D eigenvalue weighted by molar-refractivity contribution is -0.0453. The molecular weight excluding hydrogens is 366 g/mol. The second-order valence-electron chi connectivity index (χ2n) is 7.70. The summed E-state index contributed by atoms with van der Waals surface area (Å²) in [4.78, 5) is 4.71. The van der Waals surface area contributed by atoms with Crippen LogP contribution in [0.15, 0.2) is 41.0 Å². The summed E-state index contributed by atoms with van der Waals surface area (Å²) >= 11 is 0. The molecular formula is C21H26F2N2O3. The number of furan rings is 1. The topological polar surface area (TPSA) is 49.1 Å². The standard InChI is InChI=1S/C21H26F2N2O3/c22-15-10-16(23)12-19(11-15)28-21-5-8-25(14-20(21)26)17-3-6-24(7-4-17)13-18-2-1-9-27-18/h1-2,9-12,17,20-21,26H,3-8,13-14H2/t20-,21-/m1/s1. The molecule has 0 saturated carbocycles. The van der Waals surface area contributed by atoms with Crippen LogP contribution >= 0.6 is 0 Å². The maximum atomic E-state index is 13.3. The molecule has 0 bridgehead atoms. The fraction of sp³-hybridized carbons (Fsp3) is 0.524. The van der Waals surface area contributed by atoms with Gasteiger partial charge in [-0.15, -0.1) is 0 Å². The van der Waals surface area contributed by atoms with Crippen LogP contribution in [0, 0.1) is 11.6 Å². The zero-order valence-electron chi connectivity index (χ0n) is 15.8. The van der Waals surface area contributed by atoms with Crippen LogP contribution in [0.5, 0.6) is 5.75 Å². The molecule has 0 unspecified atom stereocenters. The predicted octanol–water partition coefficient (Wildman–Crippen LogP) is 3.04. The number of halogens is 2. The van der Waals surface area contributed by atoms with E-state index in [2.05, 4.69) is 9.80 Å². The van der Waals surface area contributed by atoms with Gasteiger partial charge in [-0.25, -0.2) is 8.78 Å². The Labute approximate surface area is 163 Å². The highest BCUT2D eigenvalue weighted by molar-refractivity contribution is 5.24. The molecule has 2 aromatic rings. The number of β-amino-alcohol motifs (C(OH)–C–C–N with tert-alkyl or cyclic N) is 1. The number of aliphatic hydroxyl groups is 1. The molecule has 0 spiro atoms. The van der Waals surface area contributed by atoms with Crippen LogP contribution in [0.3, 0.4) is 0 Å². The minimum absolute atomic E-state index is 0.126. The molecule has 7 heteroatoms. The van der Waals surface area contributed by atoms with Gasteiger partial charge < -0.3 is 14.3 Å². The van der Waals surface area contributed by atoms with E-state index in [0.29, 0.717) is 19.0 Å². The van der Waals surface area contributed by atoms with E-state index in [1.54, 1.807) is 6.26 Å². The largest absolute Gasteiger partial charge is 0.487 e. The second-order valence-corrected chi connectivity index (χ2v) is 7.70. The summed E-state index contributed by atoms with van der Waals surface area (Å²) in [7, 11) is 0. The molecule has 2 saturated heterocycles. The van der Waals surface area contributed by atoms with E-state index in [1.165, 1.54) is 0 Å². The predicted molar refractivity (Wildman–Crippen MR) is 100.0 cm³/mol. The van der Waals surface area contributed by atoms with E-state index in [-0.39, 0.29) is 5.75 Å². The van der Waals surface area contributed by atoms with E-state index >= 15 is 0 Å². The number of benzene rings is 1. The van der Waals surface area contributed by atoms with E-state index < -0.39 is 23.8 Å². The molecule has 0 radical (unpaired) electrons. The van der Waals surface area contributed by atoms with Crippen molar-refractivity contribution in [3.8, 4) is 5.75 Å². The van der Waals surface area contributed by atoms with Crippen LogP contribution in [0.1, 0.15) is 25.0 Å². The molecule has 28 heavy (non-hydrogen) atoms. The Balaban J connectivity index is 1.26. The Morgan fingerprint density at radius 1 is 1.07 bits per heavy atom. The van der Waals surface area contributed by atoms with E-state index in [9.17, 15) is 13.9 Å². The van der Waals surface area contributed by atoms with Crippen molar-refractivity contribution in [1.29, 1.82) is 0 Å². The Morgan fingerprint density at radius 2 is 1.82 bits per heavy atom. The Hall–Kier alpha value is -1.96. The van der Waals surface area contributed by atoms with E-state index in [4.69, 9.17) is 9.15 Å². The third kappa shape index (κ3) is 4.71. The van der Waals surface area contributed by atoms with Crippen molar-refractivity contribution >= 4 is 0 Å². The van der Waals surface area contributed by atoms with Crippen LogP contribution in [0.2, 0.25) is 0 Å². The molecule has 1 N–H and O–H groups in total. The van der Waals surface area contributed by atoms with Crippen molar-refractivity contribution in [1.82, 2.24) is 9.80 Å². The summed E-state index contributed by atoms with van der Waals surface area (Å²) < 4.78 is 37.8. The van der Waals surface area contributed by atoms with Crippen LogP contribution in [-0.2, 0) is 6.54 Å².